The predicted octanol–water partition coefficient (Wildman–Crippen LogP) is 1.99. The predicted molar refractivity (Wildman–Crippen MR) is 123 cm³/mol. The van der Waals surface area contributed by atoms with Crippen LogP contribution in [0.15, 0.2) is 29.3 Å². The van der Waals surface area contributed by atoms with Gasteiger partial charge in [0.1, 0.15) is 11.1 Å². The second-order valence-electron chi connectivity index (χ2n) is 10.3. The molecule has 1 N–H and O–H groups in total. The van der Waals surface area contributed by atoms with Gasteiger partial charge in [-0.3, -0.25) is 14.6 Å². The summed E-state index contributed by atoms with van der Waals surface area (Å²) < 4.78 is 8.42. The lowest BCUT2D eigenvalue weighted by atomic mass is 9.72. The van der Waals surface area contributed by atoms with Crippen LogP contribution in [0.5, 0.6) is 0 Å². The second kappa shape index (κ2) is 7.71. The number of amides is 2. The standard InChI is InChI=1S/C23H29N7O4/c1-15-16(12-24-30(15)20-25-18(31)17-6-5-9-29(17)26-20)19(32)27-10-7-23(8-11-27)13-28(14-23)21(33)34-22(2,3)4/h5-6,9,12H,7-8,10-11,13-14H2,1-4H3,(H,25,26,31). The Labute approximate surface area is 196 Å². The minimum absolute atomic E-state index is 0.0580. The molecular formula is C23H29N7O4. The summed E-state index contributed by atoms with van der Waals surface area (Å²) in [5.74, 6) is 0.158. The first kappa shape index (κ1) is 22.2. The van der Waals surface area contributed by atoms with Gasteiger partial charge in [-0.2, -0.15) is 5.10 Å². The molecule has 2 fully saturated rings. The van der Waals surface area contributed by atoms with Crippen molar-refractivity contribution < 1.29 is 14.3 Å². The third-order valence-corrected chi connectivity index (χ3v) is 6.64. The highest BCUT2D eigenvalue weighted by Gasteiger charge is 2.48. The summed E-state index contributed by atoms with van der Waals surface area (Å²) in [5.41, 5.74) is 0.805. The molecule has 0 saturated carbocycles. The highest BCUT2D eigenvalue weighted by molar-refractivity contribution is 5.95. The Balaban J connectivity index is 1.24. The Morgan fingerprint density at radius 3 is 2.53 bits per heavy atom. The molecule has 34 heavy (non-hydrogen) atoms. The summed E-state index contributed by atoms with van der Waals surface area (Å²) in [5, 5.41) is 8.70. The summed E-state index contributed by atoms with van der Waals surface area (Å²) in [6.07, 6.45) is 4.61. The number of aromatic amines is 1. The van der Waals surface area contributed by atoms with Crippen LogP contribution in [0.1, 0.15) is 49.7 Å². The number of ether oxygens (including phenoxy) is 1. The van der Waals surface area contributed by atoms with Crippen LogP contribution in [0.4, 0.5) is 4.79 Å². The quantitative estimate of drug-likeness (QED) is 0.616. The molecule has 0 bridgehead atoms. The number of carbonyl (C=O) groups is 2. The molecule has 2 aliphatic heterocycles. The zero-order valence-electron chi connectivity index (χ0n) is 19.9. The summed E-state index contributed by atoms with van der Waals surface area (Å²) in [6, 6.07) is 3.42. The van der Waals surface area contributed by atoms with E-state index in [1.807, 2.05) is 25.7 Å². The van der Waals surface area contributed by atoms with Gasteiger partial charge in [-0.05, 0) is 52.7 Å². The lowest BCUT2D eigenvalue weighted by Gasteiger charge is -2.53. The van der Waals surface area contributed by atoms with Gasteiger partial charge in [-0.15, -0.1) is 5.10 Å². The summed E-state index contributed by atoms with van der Waals surface area (Å²) in [7, 11) is 0. The number of piperidine rings is 1. The fourth-order valence-electron chi connectivity index (χ4n) is 4.75. The molecule has 0 aliphatic carbocycles. The summed E-state index contributed by atoms with van der Waals surface area (Å²) >= 11 is 0. The van der Waals surface area contributed by atoms with E-state index in [0.717, 1.165) is 12.8 Å². The minimum Gasteiger partial charge on any atom is -0.444 e. The molecule has 11 heteroatoms. The fraction of sp³-hybridized carbons (Fsp3) is 0.522. The monoisotopic (exact) mass is 467 g/mol. The zero-order valence-corrected chi connectivity index (χ0v) is 19.9. The van der Waals surface area contributed by atoms with Crippen LogP contribution in [-0.4, -0.2) is 78.0 Å². The van der Waals surface area contributed by atoms with Crippen molar-refractivity contribution in [2.75, 3.05) is 26.2 Å². The molecule has 11 nitrogen and oxygen atoms in total. The smallest absolute Gasteiger partial charge is 0.410 e. The molecule has 0 unspecified atom stereocenters. The van der Waals surface area contributed by atoms with Gasteiger partial charge in [0.05, 0.1) is 17.5 Å². The van der Waals surface area contributed by atoms with E-state index in [1.54, 1.807) is 30.2 Å². The molecule has 180 valence electrons. The number of likely N-dealkylation sites (tertiary alicyclic amines) is 2. The van der Waals surface area contributed by atoms with E-state index in [1.165, 1.54) is 15.4 Å². The summed E-state index contributed by atoms with van der Waals surface area (Å²) in [6.45, 7) is 9.95. The number of hydrogen-bond acceptors (Lipinski definition) is 6. The number of nitrogens with zero attached hydrogens (tertiary/aromatic N) is 6. The first-order valence-electron chi connectivity index (χ1n) is 11.5. The summed E-state index contributed by atoms with van der Waals surface area (Å²) in [4.78, 5) is 44.1. The highest BCUT2D eigenvalue weighted by atomic mass is 16.6. The molecule has 1 spiro atoms. The Kier molecular flexibility index (Phi) is 5.03. The van der Waals surface area contributed by atoms with Crippen molar-refractivity contribution in [2.24, 2.45) is 5.41 Å². The van der Waals surface area contributed by atoms with Crippen molar-refractivity contribution in [1.82, 2.24) is 34.2 Å². The Morgan fingerprint density at radius 2 is 1.85 bits per heavy atom. The van der Waals surface area contributed by atoms with Crippen molar-refractivity contribution in [2.45, 2.75) is 46.1 Å². The largest absolute Gasteiger partial charge is 0.444 e. The lowest BCUT2D eigenvalue weighted by molar-refractivity contribution is -0.0563. The van der Waals surface area contributed by atoms with Crippen LogP contribution in [-0.2, 0) is 4.74 Å². The number of fused-ring (bicyclic) bond motifs is 1. The first-order valence-corrected chi connectivity index (χ1v) is 11.5. The number of rotatable bonds is 2. The maximum Gasteiger partial charge on any atom is 0.410 e. The molecule has 2 amide bonds. The van der Waals surface area contributed by atoms with E-state index in [2.05, 4.69) is 15.2 Å². The van der Waals surface area contributed by atoms with Crippen LogP contribution in [0.2, 0.25) is 0 Å². The van der Waals surface area contributed by atoms with Crippen molar-refractivity contribution in [3.05, 3.63) is 46.1 Å². The zero-order chi connectivity index (χ0) is 24.3. The average Bonchev–Trinajstić information content (AvgIpc) is 3.37. The molecule has 2 aliphatic rings. The van der Waals surface area contributed by atoms with Gasteiger partial charge in [0.15, 0.2) is 0 Å². The van der Waals surface area contributed by atoms with Crippen LogP contribution >= 0.6 is 0 Å². The van der Waals surface area contributed by atoms with E-state index in [9.17, 15) is 14.4 Å². The van der Waals surface area contributed by atoms with Crippen molar-refractivity contribution in [3.8, 4) is 5.95 Å². The fourth-order valence-corrected chi connectivity index (χ4v) is 4.75. The average molecular weight is 468 g/mol. The van der Waals surface area contributed by atoms with Gasteiger partial charge < -0.3 is 14.5 Å². The van der Waals surface area contributed by atoms with Gasteiger partial charge in [-0.25, -0.2) is 14.0 Å². The van der Waals surface area contributed by atoms with Crippen LogP contribution in [0, 0.1) is 12.3 Å². The van der Waals surface area contributed by atoms with E-state index in [-0.39, 0.29) is 28.9 Å². The topological polar surface area (TPSA) is 118 Å². The molecule has 2 saturated heterocycles. The number of aromatic nitrogens is 5. The molecule has 5 rings (SSSR count). The first-order chi connectivity index (χ1) is 16.1. The molecular weight excluding hydrogens is 438 g/mol. The molecule has 0 atom stereocenters. The van der Waals surface area contributed by atoms with Crippen LogP contribution < -0.4 is 5.56 Å². The van der Waals surface area contributed by atoms with Crippen molar-refractivity contribution in [1.29, 1.82) is 0 Å². The van der Waals surface area contributed by atoms with E-state index >= 15 is 0 Å². The number of nitrogens with one attached hydrogen (secondary N) is 1. The second-order valence-corrected chi connectivity index (χ2v) is 10.3. The van der Waals surface area contributed by atoms with Gasteiger partial charge in [0.25, 0.3) is 11.5 Å². The Morgan fingerprint density at radius 1 is 1.15 bits per heavy atom. The maximum atomic E-state index is 13.2. The molecule has 0 radical (unpaired) electrons. The normalized spacial score (nSPS) is 17.8. The third kappa shape index (κ3) is 3.84. The highest BCUT2D eigenvalue weighted by Crippen LogP contribution is 2.41. The van der Waals surface area contributed by atoms with Crippen LogP contribution in [0.25, 0.3) is 11.5 Å². The number of H-pyrrole nitrogens is 1. The van der Waals surface area contributed by atoms with E-state index < -0.39 is 5.60 Å². The molecule has 3 aromatic heterocycles. The minimum atomic E-state index is -0.506. The third-order valence-electron chi connectivity index (χ3n) is 6.64. The van der Waals surface area contributed by atoms with Crippen LogP contribution in [0.3, 0.4) is 0 Å². The Hall–Kier alpha value is -3.63. The lowest BCUT2D eigenvalue weighted by Crippen LogP contribution is -2.62. The molecule has 5 heterocycles. The van der Waals surface area contributed by atoms with Crippen molar-refractivity contribution in [3.63, 3.8) is 0 Å². The number of carbonyl (C=O) groups excluding carboxylic acids is 2. The van der Waals surface area contributed by atoms with E-state index in [0.29, 0.717) is 43.0 Å². The van der Waals surface area contributed by atoms with E-state index in [4.69, 9.17) is 4.74 Å². The Bertz CT molecular complexity index is 1310. The molecule has 0 aromatic carbocycles. The van der Waals surface area contributed by atoms with Crippen molar-refractivity contribution >= 4 is 17.5 Å². The number of hydrogen-bond donors (Lipinski definition) is 1. The van der Waals surface area contributed by atoms with Gasteiger partial charge in [0, 0.05) is 37.8 Å². The van der Waals surface area contributed by atoms with Gasteiger partial charge >= 0.3 is 6.09 Å². The van der Waals surface area contributed by atoms with Gasteiger partial charge in [0.2, 0.25) is 5.95 Å². The maximum absolute atomic E-state index is 13.2. The molecule has 3 aromatic rings. The SMILES string of the molecule is Cc1c(C(=O)N2CCC3(CC2)CN(C(=O)OC(C)(C)C)C3)cnn1-c1nn2cccc2c(=O)[nH]1. The van der Waals surface area contributed by atoms with Gasteiger partial charge in [-0.1, -0.05) is 0 Å².